The Bertz CT molecular complexity index is 363. The average Bonchev–Trinajstić information content (AvgIpc) is 3.00. The lowest BCUT2D eigenvalue weighted by molar-refractivity contribution is 0.181. The molecule has 5 nitrogen and oxygen atoms in total. The first-order valence-corrected chi connectivity index (χ1v) is 8.50. The third-order valence-electron chi connectivity index (χ3n) is 5.06. The van der Waals surface area contributed by atoms with Crippen LogP contribution in [0.2, 0.25) is 0 Å². The van der Waals surface area contributed by atoms with Gasteiger partial charge in [-0.05, 0) is 38.1 Å². The van der Waals surface area contributed by atoms with Gasteiger partial charge in [0.1, 0.15) is 0 Å². The van der Waals surface area contributed by atoms with Gasteiger partial charge >= 0.3 is 0 Å². The number of hydrogen-bond donors (Lipinski definition) is 1. The van der Waals surface area contributed by atoms with Crippen molar-refractivity contribution in [1.29, 1.82) is 0 Å². The Morgan fingerprint density at radius 2 is 2.14 bits per heavy atom. The van der Waals surface area contributed by atoms with Gasteiger partial charge in [0.05, 0.1) is 6.61 Å². The van der Waals surface area contributed by atoms with Gasteiger partial charge in [-0.25, -0.2) is 0 Å². The molecule has 3 rings (SSSR count). The SMILES string of the molecule is CN=C(NCC1CCN(C2CC2)C1)N(C)CC1CCOC1. The van der Waals surface area contributed by atoms with Crippen molar-refractivity contribution >= 4 is 5.96 Å². The molecule has 0 aromatic rings. The lowest BCUT2D eigenvalue weighted by atomic mass is 10.1. The normalized spacial score (nSPS) is 30.9. The molecule has 0 amide bonds. The van der Waals surface area contributed by atoms with Crippen LogP contribution in [-0.2, 0) is 4.74 Å². The minimum Gasteiger partial charge on any atom is -0.381 e. The predicted molar refractivity (Wildman–Crippen MR) is 85.6 cm³/mol. The van der Waals surface area contributed by atoms with E-state index < -0.39 is 0 Å². The van der Waals surface area contributed by atoms with Crippen LogP contribution >= 0.6 is 0 Å². The number of ether oxygens (including phenoxy) is 1. The fourth-order valence-electron chi connectivity index (χ4n) is 3.62. The molecule has 2 saturated heterocycles. The van der Waals surface area contributed by atoms with Crippen molar-refractivity contribution in [3.63, 3.8) is 0 Å². The molecule has 3 aliphatic rings. The number of nitrogens with zero attached hydrogens (tertiary/aromatic N) is 3. The quantitative estimate of drug-likeness (QED) is 0.607. The van der Waals surface area contributed by atoms with Crippen LogP contribution in [0.25, 0.3) is 0 Å². The Balaban J connectivity index is 1.39. The van der Waals surface area contributed by atoms with Crippen LogP contribution in [0.15, 0.2) is 4.99 Å². The number of likely N-dealkylation sites (tertiary alicyclic amines) is 1. The topological polar surface area (TPSA) is 40.1 Å². The molecule has 2 unspecified atom stereocenters. The molecular weight excluding hydrogens is 264 g/mol. The summed E-state index contributed by atoms with van der Waals surface area (Å²) in [6.07, 6.45) is 5.36. The van der Waals surface area contributed by atoms with E-state index in [1.165, 1.54) is 38.8 Å². The highest BCUT2D eigenvalue weighted by Gasteiger charge is 2.34. The second kappa shape index (κ2) is 6.97. The fraction of sp³-hybridized carbons (Fsp3) is 0.938. The van der Waals surface area contributed by atoms with Crippen molar-refractivity contribution in [2.75, 3.05) is 53.5 Å². The fourth-order valence-corrected chi connectivity index (χ4v) is 3.62. The van der Waals surface area contributed by atoms with Crippen LogP contribution in [-0.4, -0.2) is 75.3 Å². The van der Waals surface area contributed by atoms with Gasteiger partial charge in [-0.3, -0.25) is 4.99 Å². The van der Waals surface area contributed by atoms with E-state index in [0.29, 0.717) is 5.92 Å². The molecule has 5 heteroatoms. The molecule has 2 heterocycles. The lowest BCUT2D eigenvalue weighted by Gasteiger charge is -2.25. The van der Waals surface area contributed by atoms with Crippen LogP contribution in [0.1, 0.15) is 25.7 Å². The van der Waals surface area contributed by atoms with Crippen molar-refractivity contribution in [2.45, 2.75) is 31.7 Å². The summed E-state index contributed by atoms with van der Waals surface area (Å²) in [6.45, 7) is 6.49. The van der Waals surface area contributed by atoms with Gasteiger partial charge in [-0.1, -0.05) is 0 Å². The molecule has 3 fully saturated rings. The van der Waals surface area contributed by atoms with Crippen LogP contribution in [0.5, 0.6) is 0 Å². The summed E-state index contributed by atoms with van der Waals surface area (Å²) in [5.41, 5.74) is 0. The van der Waals surface area contributed by atoms with E-state index in [-0.39, 0.29) is 0 Å². The number of nitrogens with one attached hydrogen (secondary N) is 1. The van der Waals surface area contributed by atoms with Crippen LogP contribution in [0.4, 0.5) is 0 Å². The highest BCUT2D eigenvalue weighted by atomic mass is 16.5. The van der Waals surface area contributed by atoms with Crippen molar-refractivity contribution in [3.05, 3.63) is 0 Å². The highest BCUT2D eigenvalue weighted by molar-refractivity contribution is 5.79. The van der Waals surface area contributed by atoms with Gasteiger partial charge < -0.3 is 19.9 Å². The Morgan fingerprint density at radius 3 is 2.81 bits per heavy atom. The molecule has 21 heavy (non-hydrogen) atoms. The minimum absolute atomic E-state index is 0.658. The van der Waals surface area contributed by atoms with Gasteiger partial charge in [-0.2, -0.15) is 0 Å². The third kappa shape index (κ3) is 4.10. The van der Waals surface area contributed by atoms with Crippen molar-refractivity contribution in [2.24, 2.45) is 16.8 Å². The summed E-state index contributed by atoms with van der Waals surface area (Å²) >= 11 is 0. The molecule has 0 spiro atoms. The van der Waals surface area contributed by atoms with Gasteiger partial charge in [0.2, 0.25) is 0 Å². The zero-order valence-corrected chi connectivity index (χ0v) is 13.6. The van der Waals surface area contributed by atoms with E-state index in [0.717, 1.165) is 44.2 Å². The number of hydrogen-bond acceptors (Lipinski definition) is 3. The summed E-state index contributed by atoms with van der Waals surface area (Å²) in [6, 6.07) is 0.916. The molecule has 1 saturated carbocycles. The minimum atomic E-state index is 0.658. The maximum absolute atomic E-state index is 5.46. The molecule has 0 bridgehead atoms. The smallest absolute Gasteiger partial charge is 0.193 e. The maximum atomic E-state index is 5.46. The number of guanidine groups is 1. The Kier molecular flexibility index (Phi) is 5.01. The molecule has 120 valence electrons. The summed E-state index contributed by atoms with van der Waals surface area (Å²) in [5, 5.41) is 3.57. The summed E-state index contributed by atoms with van der Waals surface area (Å²) < 4.78 is 5.46. The standard InChI is InChI=1S/C16H30N4O/c1-17-16(19(2)10-14-6-8-21-12-14)18-9-13-5-7-20(11-13)15-3-4-15/h13-15H,3-12H2,1-2H3,(H,17,18). The number of aliphatic imine (C=N–C) groups is 1. The first kappa shape index (κ1) is 15.1. The monoisotopic (exact) mass is 294 g/mol. The maximum Gasteiger partial charge on any atom is 0.193 e. The van der Waals surface area contributed by atoms with E-state index in [1.807, 2.05) is 7.05 Å². The highest BCUT2D eigenvalue weighted by Crippen LogP contribution is 2.31. The summed E-state index contributed by atoms with van der Waals surface area (Å²) in [5.74, 6) is 2.47. The third-order valence-corrected chi connectivity index (χ3v) is 5.06. The second-order valence-electron chi connectivity index (χ2n) is 6.92. The summed E-state index contributed by atoms with van der Waals surface area (Å²) in [7, 11) is 4.02. The Hall–Kier alpha value is -0.810. The molecule has 1 aliphatic carbocycles. The Labute approximate surface area is 128 Å². The average molecular weight is 294 g/mol. The van der Waals surface area contributed by atoms with Gasteiger partial charge in [0.25, 0.3) is 0 Å². The first-order valence-electron chi connectivity index (χ1n) is 8.50. The predicted octanol–water partition coefficient (Wildman–Crippen LogP) is 1.01. The van der Waals surface area contributed by atoms with E-state index in [2.05, 4.69) is 27.2 Å². The number of rotatable bonds is 5. The Morgan fingerprint density at radius 1 is 1.29 bits per heavy atom. The van der Waals surface area contributed by atoms with Crippen molar-refractivity contribution in [3.8, 4) is 0 Å². The van der Waals surface area contributed by atoms with E-state index in [4.69, 9.17) is 4.74 Å². The molecule has 0 aromatic carbocycles. The molecule has 2 aliphatic heterocycles. The van der Waals surface area contributed by atoms with Gasteiger partial charge in [-0.15, -0.1) is 0 Å². The van der Waals surface area contributed by atoms with Gasteiger partial charge in [0, 0.05) is 52.3 Å². The first-order chi connectivity index (χ1) is 10.3. The zero-order valence-electron chi connectivity index (χ0n) is 13.6. The molecule has 2 atom stereocenters. The molecule has 0 aromatic heterocycles. The van der Waals surface area contributed by atoms with Crippen LogP contribution in [0, 0.1) is 11.8 Å². The zero-order chi connectivity index (χ0) is 14.7. The van der Waals surface area contributed by atoms with Crippen LogP contribution in [0.3, 0.4) is 0 Å². The lowest BCUT2D eigenvalue weighted by Crippen LogP contribution is -2.43. The summed E-state index contributed by atoms with van der Waals surface area (Å²) in [4.78, 5) is 9.37. The molecule has 0 radical (unpaired) electrons. The van der Waals surface area contributed by atoms with Crippen molar-refractivity contribution in [1.82, 2.24) is 15.1 Å². The second-order valence-corrected chi connectivity index (χ2v) is 6.92. The van der Waals surface area contributed by atoms with E-state index in [1.54, 1.807) is 0 Å². The molecular formula is C16H30N4O. The molecule has 1 N–H and O–H groups in total. The van der Waals surface area contributed by atoms with E-state index >= 15 is 0 Å². The largest absolute Gasteiger partial charge is 0.381 e. The van der Waals surface area contributed by atoms with Crippen molar-refractivity contribution < 1.29 is 4.74 Å². The van der Waals surface area contributed by atoms with Gasteiger partial charge in [0.15, 0.2) is 5.96 Å². The van der Waals surface area contributed by atoms with Crippen LogP contribution < -0.4 is 5.32 Å². The van der Waals surface area contributed by atoms with E-state index in [9.17, 15) is 0 Å².